The molecule has 2 aromatic rings. The molecule has 0 aliphatic rings. The normalized spacial score (nSPS) is 11.2. The van der Waals surface area contributed by atoms with Crippen LogP contribution in [-0.2, 0) is 13.0 Å². The molecule has 1 N–H and O–H groups in total. The Labute approximate surface area is 103 Å². The molecule has 0 aliphatic carbocycles. The second-order valence-corrected chi connectivity index (χ2v) is 4.26. The fraction of sp³-hybridized carbons (Fsp3) is 0.500. The van der Waals surface area contributed by atoms with Gasteiger partial charge in [0.25, 0.3) is 0 Å². The van der Waals surface area contributed by atoms with Crippen molar-refractivity contribution >= 4 is 11.0 Å². The molecular formula is C14H21N3. The minimum atomic E-state index is 0.990. The zero-order chi connectivity index (χ0) is 12.1. The molecule has 3 nitrogen and oxygen atoms in total. The van der Waals surface area contributed by atoms with Crippen LogP contribution in [0.3, 0.4) is 0 Å². The van der Waals surface area contributed by atoms with E-state index in [1.165, 1.54) is 17.8 Å². The number of nitrogens with one attached hydrogen (secondary N) is 1. The predicted molar refractivity (Wildman–Crippen MR) is 72.3 cm³/mol. The number of para-hydroxylation sites is 2. The quantitative estimate of drug-likeness (QED) is 0.774. The molecule has 1 heterocycles. The van der Waals surface area contributed by atoms with E-state index in [9.17, 15) is 0 Å². The predicted octanol–water partition coefficient (Wildman–Crippen LogP) is 2.60. The third-order valence-electron chi connectivity index (χ3n) is 3.00. The highest BCUT2D eigenvalue weighted by Crippen LogP contribution is 2.15. The summed E-state index contributed by atoms with van der Waals surface area (Å²) in [7, 11) is 0. The zero-order valence-corrected chi connectivity index (χ0v) is 10.7. The van der Waals surface area contributed by atoms with Crippen LogP contribution in [0.1, 0.15) is 26.1 Å². The van der Waals surface area contributed by atoms with E-state index in [1.807, 2.05) is 0 Å². The van der Waals surface area contributed by atoms with E-state index >= 15 is 0 Å². The van der Waals surface area contributed by atoms with Gasteiger partial charge in [0.05, 0.1) is 11.0 Å². The number of hydrogen-bond acceptors (Lipinski definition) is 2. The Morgan fingerprint density at radius 3 is 2.76 bits per heavy atom. The van der Waals surface area contributed by atoms with Gasteiger partial charge in [-0.1, -0.05) is 19.1 Å². The summed E-state index contributed by atoms with van der Waals surface area (Å²) in [5.74, 6) is 1.19. The second-order valence-electron chi connectivity index (χ2n) is 4.26. The van der Waals surface area contributed by atoms with Crippen LogP contribution in [0.25, 0.3) is 11.0 Å². The monoisotopic (exact) mass is 231 g/mol. The number of aryl methyl sites for hydroxylation is 1. The highest BCUT2D eigenvalue weighted by molar-refractivity contribution is 5.75. The molecule has 1 aromatic heterocycles. The van der Waals surface area contributed by atoms with Crippen LogP contribution in [0.2, 0.25) is 0 Å². The Hall–Kier alpha value is -1.35. The number of hydrogen-bond donors (Lipinski definition) is 1. The van der Waals surface area contributed by atoms with E-state index in [0.717, 1.165) is 31.6 Å². The van der Waals surface area contributed by atoms with E-state index in [2.05, 4.69) is 48.0 Å². The van der Waals surface area contributed by atoms with Gasteiger partial charge in [0.1, 0.15) is 5.82 Å². The topological polar surface area (TPSA) is 29.9 Å². The van der Waals surface area contributed by atoms with Crippen molar-refractivity contribution < 1.29 is 0 Å². The average Bonchev–Trinajstić information content (AvgIpc) is 2.72. The molecule has 1 aromatic carbocycles. The van der Waals surface area contributed by atoms with Crippen molar-refractivity contribution in [1.29, 1.82) is 0 Å². The molecule has 0 amide bonds. The largest absolute Gasteiger partial charge is 0.328 e. The molecule has 0 radical (unpaired) electrons. The van der Waals surface area contributed by atoms with Crippen molar-refractivity contribution in [2.45, 2.75) is 33.2 Å². The number of fused-ring (bicyclic) bond motifs is 1. The van der Waals surface area contributed by atoms with Crippen molar-refractivity contribution in [3.05, 3.63) is 30.1 Å². The summed E-state index contributed by atoms with van der Waals surface area (Å²) in [5, 5.41) is 3.43. The summed E-state index contributed by atoms with van der Waals surface area (Å²) in [6.45, 7) is 7.46. The first-order valence-electron chi connectivity index (χ1n) is 6.51. The van der Waals surface area contributed by atoms with Crippen LogP contribution in [-0.4, -0.2) is 22.6 Å². The van der Waals surface area contributed by atoms with Crippen molar-refractivity contribution in [1.82, 2.24) is 14.9 Å². The van der Waals surface area contributed by atoms with Crippen molar-refractivity contribution in [3.63, 3.8) is 0 Å². The van der Waals surface area contributed by atoms with Crippen molar-refractivity contribution in [3.8, 4) is 0 Å². The van der Waals surface area contributed by atoms with Gasteiger partial charge in [-0.2, -0.15) is 0 Å². The fourth-order valence-electron chi connectivity index (χ4n) is 2.17. The molecule has 0 bridgehead atoms. The molecule has 0 unspecified atom stereocenters. The van der Waals surface area contributed by atoms with Gasteiger partial charge in [0, 0.05) is 19.5 Å². The number of aromatic nitrogens is 2. The Bertz CT molecular complexity index is 473. The number of nitrogens with zero attached hydrogens (tertiary/aromatic N) is 2. The first-order chi connectivity index (χ1) is 8.36. The van der Waals surface area contributed by atoms with E-state index in [-0.39, 0.29) is 0 Å². The van der Waals surface area contributed by atoms with Crippen molar-refractivity contribution in [2.75, 3.05) is 13.1 Å². The van der Waals surface area contributed by atoms with Gasteiger partial charge >= 0.3 is 0 Å². The van der Waals surface area contributed by atoms with E-state index in [0.29, 0.717) is 0 Å². The Morgan fingerprint density at radius 2 is 2.00 bits per heavy atom. The van der Waals surface area contributed by atoms with Crippen molar-refractivity contribution in [2.24, 2.45) is 0 Å². The molecule has 92 valence electrons. The molecular weight excluding hydrogens is 210 g/mol. The zero-order valence-electron chi connectivity index (χ0n) is 10.7. The van der Waals surface area contributed by atoms with Crippen LogP contribution in [0.15, 0.2) is 24.3 Å². The van der Waals surface area contributed by atoms with Gasteiger partial charge in [-0.25, -0.2) is 4.98 Å². The highest BCUT2D eigenvalue weighted by Gasteiger charge is 2.07. The highest BCUT2D eigenvalue weighted by atomic mass is 15.1. The van der Waals surface area contributed by atoms with Gasteiger partial charge in [0.15, 0.2) is 0 Å². The SMILES string of the molecule is CCCNCCc1nc2ccccc2n1CC. The van der Waals surface area contributed by atoms with Gasteiger partial charge in [0.2, 0.25) is 0 Å². The molecule has 0 saturated heterocycles. The molecule has 2 rings (SSSR count). The Balaban J connectivity index is 2.15. The summed E-state index contributed by atoms with van der Waals surface area (Å²) < 4.78 is 2.31. The third kappa shape index (κ3) is 2.67. The fourth-order valence-corrected chi connectivity index (χ4v) is 2.17. The van der Waals surface area contributed by atoms with E-state index in [1.54, 1.807) is 0 Å². The molecule has 3 heteroatoms. The summed E-state index contributed by atoms with van der Waals surface area (Å²) in [6, 6.07) is 8.36. The summed E-state index contributed by atoms with van der Waals surface area (Å²) in [6.07, 6.45) is 2.19. The lowest BCUT2D eigenvalue weighted by molar-refractivity contribution is 0.633. The number of rotatable bonds is 6. The third-order valence-corrected chi connectivity index (χ3v) is 3.00. The van der Waals surface area contributed by atoms with Crippen LogP contribution in [0, 0.1) is 0 Å². The standard InChI is InChI=1S/C14H21N3/c1-3-10-15-11-9-14-16-12-7-5-6-8-13(12)17(14)4-2/h5-8,15H,3-4,9-11H2,1-2H3. The van der Waals surface area contributed by atoms with Gasteiger partial charge < -0.3 is 9.88 Å². The molecule has 0 spiro atoms. The maximum absolute atomic E-state index is 4.70. The smallest absolute Gasteiger partial charge is 0.111 e. The van der Waals surface area contributed by atoms with Crippen LogP contribution in [0.4, 0.5) is 0 Å². The summed E-state index contributed by atoms with van der Waals surface area (Å²) in [5.41, 5.74) is 2.36. The lowest BCUT2D eigenvalue weighted by Gasteiger charge is -2.06. The van der Waals surface area contributed by atoms with E-state index in [4.69, 9.17) is 4.98 Å². The van der Waals surface area contributed by atoms with Gasteiger partial charge in [-0.3, -0.25) is 0 Å². The van der Waals surface area contributed by atoms with Gasteiger partial charge in [-0.15, -0.1) is 0 Å². The van der Waals surface area contributed by atoms with E-state index < -0.39 is 0 Å². The minimum absolute atomic E-state index is 0.990. The minimum Gasteiger partial charge on any atom is -0.328 e. The summed E-state index contributed by atoms with van der Waals surface area (Å²) in [4.78, 5) is 4.70. The Morgan fingerprint density at radius 1 is 1.18 bits per heavy atom. The first-order valence-corrected chi connectivity index (χ1v) is 6.51. The Kier molecular flexibility index (Phi) is 4.15. The maximum Gasteiger partial charge on any atom is 0.111 e. The lowest BCUT2D eigenvalue weighted by atomic mass is 10.3. The molecule has 0 atom stereocenters. The van der Waals surface area contributed by atoms with Gasteiger partial charge in [-0.05, 0) is 32.0 Å². The second kappa shape index (κ2) is 5.82. The number of benzene rings is 1. The molecule has 0 saturated carbocycles. The molecule has 0 aliphatic heterocycles. The molecule has 17 heavy (non-hydrogen) atoms. The van der Waals surface area contributed by atoms with Crippen LogP contribution in [0.5, 0.6) is 0 Å². The van der Waals surface area contributed by atoms with Crippen LogP contribution >= 0.6 is 0 Å². The lowest BCUT2D eigenvalue weighted by Crippen LogP contribution is -2.19. The molecule has 0 fully saturated rings. The maximum atomic E-state index is 4.70. The summed E-state index contributed by atoms with van der Waals surface area (Å²) >= 11 is 0. The first kappa shape index (κ1) is 12.1. The average molecular weight is 231 g/mol. The van der Waals surface area contributed by atoms with Crippen LogP contribution < -0.4 is 5.32 Å². The number of imidazole rings is 1.